The zero-order chi connectivity index (χ0) is 16.7. The molecule has 24 heavy (non-hydrogen) atoms. The zero-order valence-electron chi connectivity index (χ0n) is 13.4. The van der Waals surface area contributed by atoms with E-state index < -0.39 is 0 Å². The lowest BCUT2D eigenvalue weighted by Gasteiger charge is -2.31. The first-order valence-electron chi connectivity index (χ1n) is 8.11. The van der Waals surface area contributed by atoms with Gasteiger partial charge in [0.2, 0.25) is 0 Å². The first-order valence-corrected chi connectivity index (χ1v) is 8.11. The number of H-pyrrole nitrogens is 1. The molecule has 6 heteroatoms. The maximum atomic E-state index is 13.3. The molecule has 0 amide bonds. The summed E-state index contributed by atoms with van der Waals surface area (Å²) in [6.07, 6.45) is 1.33. The van der Waals surface area contributed by atoms with Crippen LogP contribution in [0.15, 0.2) is 30.3 Å². The predicted octanol–water partition coefficient (Wildman–Crippen LogP) is 3.26. The topological polar surface area (TPSA) is 73.8 Å². The molecule has 0 aliphatic heterocycles. The molecule has 0 spiro atoms. The second kappa shape index (κ2) is 5.87. The summed E-state index contributed by atoms with van der Waals surface area (Å²) in [5.41, 5.74) is 2.86. The van der Waals surface area contributed by atoms with Gasteiger partial charge in [0, 0.05) is 34.3 Å². The fourth-order valence-electron chi connectivity index (χ4n) is 3.16. The van der Waals surface area contributed by atoms with Crippen molar-refractivity contribution >= 4 is 16.7 Å². The summed E-state index contributed by atoms with van der Waals surface area (Å²) in [5.74, 6) is 1.57. The molecule has 1 fully saturated rings. The Morgan fingerprint density at radius 2 is 2.08 bits per heavy atom. The van der Waals surface area contributed by atoms with Crippen LogP contribution in [0.25, 0.3) is 10.9 Å². The van der Waals surface area contributed by atoms with Crippen molar-refractivity contribution < 1.29 is 9.50 Å². The van der Waals surface area contributed by atoms with Gasteiger partial charge in [-0.3, -0.25) is 0 Å². The molecule has 0 bridgehead atoms. The molecule has 2 aromatic heterocycles. The van der Waals surface area contributed by atoms with E-state index in [4.69, 9.17) is 0 Å². The lowest BCUT2D eigenvalue weighted by Crippen LogP contribution is -2.27. The lowest BCUT2D eigenvalue weighted by atomic mass is 9.80. The molecule has 1 aliphatic carbocycles. The van der Waals surface area contributed by atoms with Crippen molar-refractivity contribution in [3.8, 4) is 0 Å². The van der Waals surface area contributed by atoms with Crippen LogP contribution in [0.1, 0.15) is 36.0 Å². The summed E-state index contributed by atoms with van der Waals surface area (Å²) in [7, 11) is 0. The monoisotopic (exact) mass is 326 g/mol. The smallest absolute Gasteiger partial charge is 0.130 e. The summed E-state index contributed by atoms with van der Waals surface area (Å²) in [5, 5.41) is 13.6. The van der Waals surface area contributed by atoms with Crippen LogP contribution in [-0.4, -0.2) is 26.2 Å². The molecule has 0 atom stereocenters. The largest absolute Gasteiger partial charge is 0.393 e. The van der Waals surface area contributed by atoms with E-state index in [2.05, 4.69) is 20.3 Å². The number of halogens is 1. The number of rotatable bonds is 4. The fraction of sp³-hybridized carbons (Fsp3) is 0.333. The van der Waals surface area contributed by atoms with Crippen LogP contribution >= 0.6 is 0 Å². The van der Waals surface area contributed by atoms with Crippen LogP contribution in [0.2, 0.25) is 0 Å². The van der Waals surface area contributed by atoms with E-state index in [9.17, 15) is 9.50 Å². The van der Waals surface area contributed by atoms with Gasteiger partial charge in [0.05, 0.1) is 12.6 Å². The molecule has 124 valence electrons. The van der Waals surface area contributed by atoms with Crippen molar-refractivity contribution in [2.45, 2.75) is 38.3 Å². The minimum atomic E-state index is -0.236. The average Bonchev–Trinajstić information content (AvgIpc) is 2.91. The van der Waals surface area contributed by atoms with Gasteiger partial charge in [-0.1, -0.05) is 0 Å². The highest BCUT2D eigenvalue weighted by molar-refractivity contribution is 5.80. The molecule has 1 saturated carbocycles. The Hall–Kier alpha value is -2.47. The molecular weight excluding hydrogens is 307 g/mol. The maximum Gasteiger partial charge on any atom is 0.130 e. The molecule has 3 N–H and O–H groups in total. The van der Waals surface area contributed by atoms with Crippen molar-refractivity contribution in [1.29, 1.82) is 0 Å². The summed E-state index contributed by atoms with van der Waals surface area (Å²) >= 11 is 0. The highest BCUT2D eigenvalue weighted by Gasteiger charge is 2.30. The van der Waals surface area contributed by atoms with E-state index in [1.54, 1.807) is 6.07 Å². The highest BCUT2D eigenvalue weighted by atomic mass is 19.1. The average molecular weight is 326 g/mol. The molecule has 0 saturated heterocycles. The number of anilines is 1. The lowest BCUT2D eigenvalue weighted by molar-refractivity contribution is 0.0731. The van der Waals surface area contributed by atoms with Crippen LogP contribution in [0.3, 0.4) is 0 Å². The van der Waals surface area contributed by atoms with Crippen LogP contribution in [-0.2, 0) is 6.54 Å². The van der Waals surface area contributed by atoms with Gasteiger partial charge in [0.15, 0.2) is 0 Å². The Balaban J connectivity index is 1.50. The first kappa shape index (κ1) is 15.1. The number of benzene rings is 1. The number of nitrogens with zero attached hydrogens (tertiary/aromatic N) is 2. The Kier molecular flexibility index (Phi) is 3.69. The summed E-state index contributed by atoms with van der Waals surface area (Å²) < 4.78 is 13.3. The number of hydrogen-bond acceptors (Lipinski definition) is 4. The number of fused-ring (bicyclic) bond motifs is 1. The van der Waals surface area contributed by atoms with Crippen LogP contribution in [0.4, 0.5) is 10.2 Å². The van der Waals surface area contributed by atoms with E-state index in [-0.39, 0.29) is 11.9 Å². The normalized spacial score (nSPS) is 20.1. The number of aromatic amines is 1. The van der Waals surface area contributed by atoms with Crippen LogP contribution < -0.4 is 5.32 Å². The molecule has 0 unspecified atom stereocenters. The maximum absolute atomic E-state index is 13.3. The number of aliphatic hydroxyl groups excluding tert-OH is 1. The second-order valence-corrected chi connectivity index (χ2v) is 6.43. The number of aryl methyl sites for hydroxylation is 1. The Bertz CT molecular complexity index is 886. The third-order valence-corrected chi connectivity index (χ3v) is 4.49. The molecule has 4 rings (SSSR count). The third-order valence-electron chi connectivity index (χ3n) is 4.49. The number of aromatic nitrogens is 3. The molecule has 0 radical (unpaired) electrons. The fourth-order valence-corrected chi connectivity index (χ4v) is 3.16. The van der Waals surface area contributed by atoms with Gasteiger partial charge >= 0.3 is 0 Å². The van der Waals surface area contributed by atoms with Gasteiger partial charge in [0.25, 0.3) is 0 Å². The van der Waals surface area contributed by atoms with E-state index in [0.29, 0.717) is 12.5 Å². The first-order chi connectivity index (χ1) is 11.6. The molecule has 2 heterocycles. The predicted molar refractivity (Wildman–Crippen MR) is 90.3 cm³/mol. The van der Waals surface area contributed by atoms with E-state index >= 15 is 0 Å². The van der Waals surface area contributed by atoms with Crippen LogP contribution in [0.5, 0.6) is 0 Å². The molecule has 1 aliphatic rings. The minimum absolute atomic E-state index is 0.201. The van der Waals surface area contributed by atoms with Gasteiger partial charge in [-0.25, -0.2) is 14.4 Å². The molecule has 3 aromatic rings. The highest BCUT2D eigenvalue weighted by Crippen LogP contribution is 2.36. The third kappa shape index (κ3) is 2.97. The summed E-state index contributed by atoms with van der Waals surface area (Å²) in [6.45, 7) is 2.44. The van der Waals surface area contributed by atoms with Crippen molar-refractivity contribution in [2.75, 3.05) is 5.32 Å². The van der Waals surface area contributed by atoms with E-state index in [1.165, 1.54) is 12.1 Å². The van der Waals surface area contributed by atoms with Crippen molar-refractivity contribution in [3.63, 3.8) is 0 Å². The Labute approximate surface area is 139 Å². The quantitative estimate of drug-likeness (QED) is 0.688. The standard InChI is InChI=1S/C18H19FN4O/c1-10-21-17(12-6-15(24)7-12)8-18(22-10)20-9-14-5-11-4-13(19)2-3-16(11)23-14/h2-5,8,12,15,23-24H,6-7,9H2,1H3,(H,20,21,22). The summed E-state index contributed by atoms with van der Waals surface area (Å²) in [4.78, 5) is 12.2. The Morgan fingerprint density at radius 1 is 1.25 bits per heavy atom. The van der Waals surface area contributed by atoms with E-state index in [1.807, 2.05) is 19.1 Å². The van der Waals surface area contributed by atoms with Gasteiger partial charge in [-0.2, -0.15) is 0 Å². The number of aliphatic hydroxyl groups is 1. The summed E-state index contributed by atoms with van der Waals surface area (Å²) in [6, 6.07) is 8.59. The van der Waals surface area contributed by atoms with Crippen molar-refractivity contribution in [2.24, 2.45) is 0 Å². The molecular formula is C18H19FN4O. The van der Waals surface area contributed by atoms with Gasteiger partial charge in [-0.15, -0.1) is 0 Å². The Morgan fingerprint density at radius 3 is 2.88 bits per heavy atom. The van der Waals surface area contributed by atoms with Crippen LogP contribution in [0, 0.1) is 12.7 Å². The number of nitrogens with one attached hydrogen (secondary N) is 2. The second-order valence-electron chi connectivity index (χ2n) is 6.43. The minimum Gasteiger partial charge on any atom is -0.393 e. The molecule has 5 nitrogen and oxygen atoms in total. The van der Waals surface area contributed by atoms with Gasteiger partial charge in [-0.05, 0) is 44.0 Å². The van der Waals surface area contributed by atoms with Gasteiger partial charge in [0.1, 0.15) is 17.5 Å². The van der Waals surface area contributed by atoms with Crippen molar-refractivity contribution in [1.82, 2.24) is 15.0 Å². The zero-order valence-corrected chi connectivity index (χ0v) is 13.4. The van der Waals surface area contributed by atoms with Crippen molar-refractivity contribution in [3.05, 3.63) is 53.4 Å². The SMILES string of the molecule is Cc1nc(NCc2cc3cc(F)ccc3[nH]2)cc(C2CC(O)C2)n1. The van der Waals surface area contributed by atoms with E-state index in [0.717, 1.165) is 46.8 Å². The van der Waals surface area contributed by atoms with Gasteiger partial charge < -0.3 is 15.4 Å². The number of hydrogen-bond donors (Lipinski definition) is 3. The molecule has 1 aromatic carbocycles.